The molecule has 19 heavy (non-hydrogen) atoms. The second-order valence-electron chi connectivity index (χ2n) is 4.65. The van der Waals surface area contributed by atoms with Gasteiger partial charge in [0.15, 0.2) is 0 Å². The number of carbonyl (C=O) groups is 1. The number of rotatable bonds is 2. The number of amides is 2. The summed E-state index contributed by atoms with van der Waals surface area (Å²) in [6.07, 6.45) is 0. The van der Waals surface area contributed by atoms with Crippen LogP contribution in [0.5, 0.6) is 0 Å². The lowest BCUT2D eigenvalue weighted by atomic mass is 10.2. The molecule has 3 N–H and O–H groups in total. The van der Waals surface area contributed by atoms with E-state index in [0.717, 1.165) is 17.2 Å². The van der Waals surface area contributed by atoms with Crippen LogP contribution < -0.4 is 16.0 Å². The van der Waals surface area contributed by atoms with Crippen molar-refractivity contribution in [2.75, 3.05) is 17.2 Å². The first kappa shape index (κ1) is 11.6. The van der Waals surface area contributed by atoms with E-state index in [9.17, 15) is 4.79 Å². The minimum atomic E-state index is -0.121. The van der Waals surface area contributed by atoms with Gasteiger partial charge in [0.2, 0.25) is 0 Å². The summed E-state index contributed by atoms with van der Waals surface area (Å²) in [5.41, 5.74) is 7.16. The Bertz CT molecular complexity index is 603. The molecule has 2 heterocycles. The van der Waals surface area contributed by atoms with Crippen LogP contribution in [0, 0.1) is 6.92 Å². The Morgan fingerprint density at radius 2 is 2.00 bits per heavy atom. The number of nitrogens with one attached hydrogen (secondary N) is 1. The van der Waals surface area contributed by atoms with Crippen molar-refractivity contribution < 1.29 is 9.21 Å². The molecule has 3 rings (SSSR count). The van der Waals surface area contributed by atoms with Gasteiger partial charge in [-0.05, 0) is 43.3 Å². The van der Waals surface area contributed by atoms with Gasteiger partial charge in [-0.15, -0.1) is 0 Å². The van der Waals surface area contributed by atoms with Gasteiger partial charge in [0, 0.05) is 11.4 Å². The number of nitrogens with zero attached hydrogens (tertiary/aromatic N) is 1. The van der Waals surface area contributed by atoms with Crippen LogP contribution in [0.4, 0.5) is 16.2 Å². The number of carbonyl (C=O) groups excluding carboxylic acids is 1. The quantitative estimate of drug-likeness (QED) is 0.812. The predicted octanol–water partition coefficient (Wildman–Crippen LogP) is 2.44. The van der Waals surface area contributed by atoms with E-state index in [1.165, 1.54) is 0 Å². The summed E-state index contributed by atoms with van der Waals surface area (Å²) in [6, 6.07) is 10.8. The summed E-state index contributed by atoms with van der Waals surface area (Å²) >= 11 is 0. The van der Waals surface area contributed by atoms with Crippen molar-refractivity contribution in [3.63, 3.8) is 0 Å². The van der Waals surface area contributed by atoms with Crippen LogP contribution >= 0.6 is 0 Å². The van der Waals surface area contributed by atoms with E-state index in [1.54, 1.807) is 17.0 Å². The molecule has 1 unspecified atom stereocenters. The Morgan fingerprint density at radius 3 is 2.63 bits per heavy atom. The standard InChI is InChI=1S/C14H15N3O2/c1-9-2-7-13(19-9)12-8-17(14(18)16-12)11-5-3-10(15)4-6-11/h2-7,12H,8,15H2,1H3,(H,16,18). The highest BCUT2D eigenvalue weighted by molar-refractivity contribution is 5.94. The van der Waals surface area contributed by atoms with Gasteiger partial charge in [-0.3, -0.25) is 4.90 Å². The van der Waals surface area contributed by atoms with Crippen LogP contribution in [0.1, 0.15) is 17.6 Å². The first-order valence-corrected chi connectivity index (χ1v) is 6.13. The molecule has 0 bridgehead atoms. The maximum Gasteiger partial charge on any atom is 0.322 e. The van der Waals surface area contributed by atoms with Gasteiger partial charge in [0.25, 0.3) is 0 Å². The molecule has 0 aliphatic carbocycles. The maximum absolute atomic E-state index is 12.0. The van der Waals surface area contributed by atoms with Crippen molar-refractivity contribution in [2.24, 2.45) is 0 Å². The number of nitrogens with two attached hydrogens (primary N) is 1. The lowest BCUT2D eigenvalue weighted by molar-refractivity contribution is 0.250. The van der Waals surface area contributed by atoms with Gasteiger partial charge in [-0.1, -0.05) is 0 Å². The third-order valence-electron chi connectivity index (χ3n) is 3.22. The predicted molar refractivity (Wildman–Crippen MR) is 72.9 cm³/mol. The number of benzene rings is 1. The summed E-state index contributed by atoms with van der Waals surface area (Å²) in [6.45, 7) is 2.44. The Labute approximate surface area is 111 Å². The van der Waals surface area contributed by atoms with Gasteiger partial charge in [0.1, 0.15) is 17.6 Å². The molecule has 2 aromatic rings. The second kappa shape index (κ2) is 4.35. The smallest absolute Gasteiger partial charge is 0.322 e. The first-order chi connectivity index (χ1) is 9.13. The number of nitrogen functional groups attached to an aromatic ring is 1. The molecule has 1 aromatic carbocycles. The molecule has 1 fully saturated rings. The fraction of sp³-hybridized carbons (Fsp3) is 0.214. The molecule has 1 aliphatic rings. The van der Waals surface area contributed by atoms with Crippen molar-refractivity contribution >= 4 is 17.4 Å². The van der Waals surface area contributed by atoms with Crippen molar-refractivity contribution in [1.29, 1.82) is 0 Å². The van der Waals surface area contributed by atoms with Crippen molar-refractivity contribution in [2.45, 2.75) is 13.0 Å². The van der Waals surface area contributed by atoms with Crippen molar-refractivity contribution in [1.82, 2.24) is 5.32 Å². The Hall–Kier alpha value is -2.43. The Balaban J connectivity index is 1.82. The van der Waals surface area contributed by atoms with Crippen LogP contribution in [0.2, 0.25) is 0 Å². The van der Waals surface area contributed by atoms with E-state index in [-0.39, 0.29) is 12.1 Å². The molecule has 0 radical (unpaired) electrons. The maximum atomic E-state index is 12.0. The number of urea groups is 1. The van der Waals surface area contributed by atoms with E-state index in [4.69, 9.17) is 10.2 Å². The molecular formula is C14H15N3O2. The number of hydrogen-bond donors (Lipinski definition) is 2. The zero-order valence-corrected chi connectivity index (χ0v) is 10.6. The molecular weight excluding hydrogens is 242 g/mol. The van der Waals surface area contributed by atoms with Gasteiger partial charge >= 0.3 is 6.03 Å². The van der Waals surface area contributed by atoms with E-state index >= 15 is 0 Å². The van der Waals surface area contributed by atoms with E-state index in [1.807, 2.05) is 31.2 Å². The molecule has 1 aliphatic heterocycles. The molecule has 1 aromatic heterocycles. The van der Waals surface area contributed by atoms with Crippen LogP contribution in [-0.4, -0.2) is 12.6 Å². The topological polar surface area (TPSA) is 71.5 Å². The lowest BCUT2D eigenvalue weighted by Gasteiger charge is -2.14. The molecule has 1 atom stereocenters. The molecule has 0 spiro atoms. The fourth-order valence-electron chi connectivity index (χ4n) is 2.22. The average molecular weight is 257 g/mol. The fourth-order valence-corrected chi connectivity index (χ4v) is 2.22. The largest absolute Gasteiger partial charge is 0.464 e. The number of aryl methyl sites for hydroxylation is 1. The van der Waals surface area contributed by atoms with Crippen molar-refractivity contribution in [3.8, 4) is 0 Å². The van der Waals surface area contributed by atoms with Crippen LogP contribution in [0.15, 0.2) is 40.8 Å². The SMILES string of the molecule is Cc1ccc(C2CN(c3ccc(N)cc3)C(=O)N2)o1. The molecule has 2 amide bonds. The van der Waals surface area contributed by atoms with Gasteiger partial charge in [0.05, 0.1) is 6.54 Å². The van der Waals surface area contributed by atoms with Crippen molar-refractivity contribution in [3.05, 3.63) is 47.9 Å². The third kappa shape index (κ3) is 2.14. The highest BCUT2D eigenvalue weighted by atomic mass is 16.3. The Kier molecular flexibility index (Phi) is 2.67. The monoisotopic (exact) mass is 257 g/mol. The highest BCUT2D eigenvalue weighted by Crippen LogP contribution is 2.27. The zero-order chi connectivity index (χ0) is 13.4. The zero-order valence-electron chi connectivity index (χ0n) is 10.6. The molecule has 5 heteroatoms. The molecule has 0 saturated carbocycles. The van der Waals surface area contributed by atoms with Crippen LogP contribution in [0.25, 0.3) is 0 Å². The molecule has 5 nitrogen and oxygen atoms in total. The summed E-state index contributed by atoms with van der Waals surface area (Å²) in [5.74, 6) is 1.62. The van der Waals surface area contributed by atoms with Gasteiger partial charge < -0.3 is 15.5 Å². The third-order valence-corrected chi connectivity index (χ3v) is 3.22. The van der Waals surface area contributed by atoms with Crippen LogP contribution in [-0.2, 0) is 0 Å². The molecule has 1 saturated heterocycles. The highest BCUT2D eigenvalue weighted by Gasteiger charge is 2.32. The van der Waals surface area contributed by atoms with E-state index in [0.29, 0.717) is 12.2 Å². The van der Waals surface area contributed by atoms with E-state index < -0.39 is 0 Å². The summed E-state index contributed by atoms with van der Waals surface area (Å²) in [5, 5.41) is 2.91. The lowest BCUT2D eigenvalue weighted by Crippen LogP contribution is -2.27. The summed E-state index contributed by atoms with van der Waals surface area (Å²) < 4.78 is 5.56. The second-order valence-corrected chi connectivity index (χ2v) is 4.65. The Morgan fingerprint density at radius 1 is 1.26 bits per heavy atom. The van der Waals surface area contributed by atoms with Gasteiger partial charge in [-0.25, -0.2) is 4.79 Å². The summed E-state index contributed by atoms with van der Waals surface area (Å²) in [4.78, 5) is 13.7. The minimum absolute atomic E-state index is 0.112. The summed E-state index contributed by atoms with van der Waals surface area (Å²) in [7, 11) is 0. The number of furan rings is 1. The van der Waals surface area contributed by atoms with Gasteiger partial charge in [-0.2, -0.15) is 0 Å². The number of anilines is 2. The van der Waals surface area contributed by atoms with E-state index in [2.05, 4.69) is 5.32 Å². The minimum Gasteiger partial charge on any atom is -0.464 e. The van der Waals surface area contributed by atoms with Crippen LogP contribution in [0.3, 0.4) is 0 Å². The molecule has 98 valence electrons. The number of hydrogen-bond acceptors (Lipinski definition) is 3. The first-order valence-electron chi connectivity index (χ1n) is 6.13. The average Bonchev–Trinajstić information content (AvgIpc) is 2.97. The normalized spacial score (nSPS) is 18.7.